The van der Waals surface area contributed by atoms with Crippen LogP contribution in [0.15, 0.2) is 78.4 Å². The second kappa shape index (κ2) is 8.71. The van der Waals surface area contributed by atoms with Gasteiger partial charge < -0.3 is 19.5 Å². The molecule has 1 fully saturated rings. The molecule has 0 spiro atoms. The number of Topliss-reactive ketones (excluding diaryl/α,β-unsaturated/α-hetero) is 1. The highest BCUT2D eigenvalue weighted by Gasteiger charge is 2.46. The van der Waals surface area contributed by atoms with E-state index >= 15 is 0 Å². The molecular weight excluding hydrogens is 430 g/mol. The number of carbonyl (C=O) groups is 2. The smallest absolute Gasteiger partial charge is 0.295 e. The van der Waals surface area contributed by atoms with Crippen molar-refractivity contribution in [2.45, 2.75) is 32.0 Å². The molecule has 172 valence electrons. The molecule has 2 heterocycles. The molecule has 1 saturated heterocycles. The van der Waals surface area contributed by atoms with Crippen molar-refractivity contribution in [3.05, 3.63) is 101 Å². The van der Waals surface area contributed by atoms with Gasteiger partial charge in [0, 0.05) is 18.5 Å². The Balaban J connectivity index is 1.60. The summed E-state index contributed by atoms with van der Waals surface area (Å²) < 4.78 is 11.1. The van der Waals surface area contributed by atoms with E-state index in [0.717, 1.165) is 28.9 Å². The minimum absolute atomic E-state index is 0.0603. The van der Waals surface area contributed by atoms with Crippen LogP contribution in [0.3, 0.4) is 0 Å². The van der Waals surface area contributed by atoms with E-state index in [1.807, 2.05) is 67.6 Å². The van der Waals surface area contributed by atoms with Crippen molar-refractivity contribution in [2.24, 2.45) is 0 Å². The molecule has 2 aliphatic heterocycles. The Morgan fingerprint density at radius 2 is 1.85 bits per heavy atom. The van der Waals surface area contributed by atoms with Crippen LogP contribution in [0.5, 0.6) is 11.5 Å². The predicted octanol–water partition coefficient (Wildman–Crippen LogP) is 4.64. The molecule has 3 aromatic carbocycles. The van der Waals surface area contributed by atoms with E-state index in [1.165, 1.54) is 4.90 Å². The molecule has 0 saturated carbocycles. The summed E-state index contributed by atoms with van der Waals surface area (Å²) in [6, 6.07) is 21.4. The number of hydrogen-bond donors (Lipinski definition) is 1. The Hall–Kier alpha value is -4.06. The number of rotatable bonds is 5. The maximum atomic E-state index is 13.3. The first kappa shape index (κ1) is 21.8. The first-order chi connectivity index (χ1) is 16.5. The summed E-state index contributed by atoms with van der Waals surface area (Å²) in [5.41, 5.74) is 3.14. The van der Waals surface area contributed by atoms with Crippen LogP contribution in [0.25, 0.3) is 5.76 Å². The first-order valence-corrected chi connectivity index (χ1v) is 11.2. The third kappa shape index (κ3) is 3.81. The fraction of sp³-hybridized carbons (Fsp3) is 0.214. The van der Waals surface area contributed by atoms with Crippen molar-refractivity contribution in [1.82, 2.24) is 4.90 Å². The summed E-state index contributed by atoms with van der Waals surface area (Å²) >= 11 is 0. The standard InChI is InChI=1S/C28H25NO5/c1-17-13-21-15-20(11-12-23(21)34-17)26(30)24-25(19-8-4-3-5-9-19)29(28(32)27(24)31)16-18-7-6-10-22(14-18)33-2/h3-12,14-15,17,25,30H,13,16H2,1-2H3/b26-24-. The van der Waals surface area contributed by atoms with Crippen LogP contribution in [0.2, 0.25) is 0 Å². The van der Waals surface area contributed by atoms with Gasteiger partial charge in [0.15, 0.2) is 0 Å². The van der Waals surface area contributed by atoms with Crippen molar-refractivity contribution < 1.29 is 24.2 Å². The van der Waals surface area contributed by atoms with Crippen LogP contribution in [0, 0.1) is 0 Å². The van der Waals surface area contributed by atoms with Gasteiger partial charge in [0.2, 0.25) is 0 Å². The minimum Gasteiger partial charge on any atom is -0.507 e. The summed E-state index contributed by atoms with van der Waals surface area (Å²) in [6.45, 7) is 2.19. The number of nitrogens with zero attached hydrogens (tertiary/aromatic N) is 1. The number of ketones is 1. The summed E-state index contributed by atoms with van der Waals surface area (Å²) in [5.74, 6) is -0.0690. The molecule has 0 radical (unpaired) electrons. The summed E-state index contributed by atoms with van der Waals surface area (Å²) in [6.07, 6.45) is 0.785. The molecular formula is C28H25NO5. The Morgan fingerprint density at radius 1 is 1.06 bits per heavy atom. The Kier molecular flexibility index (Phi) is 5.57. The number of aliphatic hydroxyl groups excluding tert-OH is 1. The fourth-order valence-corrected chi connectivity index (χ4v) is 4.72. The monoisotopic (exact) mass is 455 g/mol. The van der Waals surface area contributed by atoms with Crippen LogP contribution >= 0.6 is 0 Å². The fourth-order valence-electron chi connectivity index (χ4n) is 4.72. The van der Waals surface area contributed by atoms with Crippen molar-refractivity contribution in [3.63, 3.8) is 0 Å². The average molecular weight is 456 g/mol. The molecule has 1 N–H and O–H groups in total. The van der Waals surface area contributed by atoms with Gasteiger partial charge in [-0.05, 0) is 53.9 Å². The van der Waals surface area contributed by atoms with Gasteiger partial charge >= 0.3 is 0 Å². The number of methoxy groups -OCH3 is 1. The lowest BCUT2D eigenvalue weighted by Crippen LogP contribution is -2.29. The molecule has 6 heteroatoms. The molecule has 34 heavy (non-hydrogen) atoms. The molecule has 6 nitrogen and oxygen atoms in total. The third-order valence-electron chi connectivity index (χ3n) is 6.31. The number of fused-ring (bicyclic) bond motifs is 1. The van der Waals surface area contributed by atoms with E-state index in [0.29, 0.717) is 11.3 Å². The number of likely N-dealkylation sites (tertiary alicyclic amines) is 1. The van der Waals surface area contributed by atoms with E-state index in [1.54, 1.807) is 19.2 Å². The molecule has 0 aromatic heterocycles. The second-order valence-electron chi connectivity index (χ2n) is 8.64. The van der Waals surface area contributed by atoms with Crippen molar-refractivity contribution in [2.75, 3.05) is 7.11 Å². The highest BCUT2D eigenvalue weighted by Crippen LogP contribution is 2.41. The maximum Gasteiger partial charge on any atom is 0.295 e. The van der Waals surface area contributed by atoms with E-state index in [-0.39, 0.29) is 24.0 Å². The Morgan fingerprint density at radius 3 is 2.62 bits per heavy atom. The molecule has 2 atom stereocenters. The van der Waals surface area contributed by atoms with Crippen LogP contribution in [0.4, 0.5) is 0 Å². The first-order valence-electron chi connectivity index (χ1n) is 11.2. The van der Waals surface area contributed by atoms with Gasteiger partial charge in [0.25, 0.3) is 11.7 Å². The molecule has 1 amide bonds. The normalized spacial score (nSPS) is 20.8. The largest absolute Gasteiger partial charge is 0.507 e. The SMILES string of the molecule is COc1cccc(CN2C(=O)C(=O)/C(=C(\O)c3ccc4c(c3)CC(C)O4)C2c2ccccc2)c1. The summed E-state index contributed by atoms with van der Waals surface area (Å²) in [7, 11) is 1.58. The maximum absolute atomic E-state index is 13.3. The minimum atomic E-state index is -0.712. The zero-order chi connectivity index (χ0) is 23.8. The summed E-state index contributed by atoms with van der Waals surface area (Å²) in [5, 5.41) is 11.3. The lowest BCUT2D eigenvalue weighted by Gasteiger charge is -2.25. The van der Waals surface area contributed by atoms with Crippen LogP contribution < -0.4 is 9.47 Å². The van der Waals surface area contributed by atoms with Gasteiger partial charge in [-0.1, -0.05) is 42.5 Å². The number of ether oxygens (including phenoxy) is 2. The van der Waals surface area contributed by atoms with Crippen LogP contribution in [-0.4, -0.2) is 34.9 Å². The van der Waals surface area contributed by atoms with E-state index in [4.69, 9.17) is 9.47 Å². The number of carbonyl (C=O) groups excluding carboxylic acids is 2. The lowest BCUT2D eigenvalue weighted by molar-refractivity contribution is -0.140. The highest BCUT2D eigenvalue weighted by atomic mass is 16.5. The van der Waals surface area contributed by atoms with Crippen molar-refractivity contribution in [1.29, 1.82) is 0 Å². The summed E-state index contributed by atoms with van der Waals surface area (Å²) in [4.78, 5) is 28.0. The van der Waals surface area contributed by atoms with Crippen molar-refractivity contribution >= 4 is 17.4 Å². The molecule has 3 aromatic rings. The molecule has 2 unspecified atom stereocenters. The van der Waals surface area contributed by atoms with Gasteiger partial charge in [-0.3, -0.25) is 9.59 Å². The van der Waals surface area contributed by atoms with Crippen molar-refractivity contribution in [3.8, 4) is 11.5 Å². The predicted molar refractivity (Wildman–Crippen MR) is 128 cm³/mol. The second-order valence-corrected chi connectivity index (χ2v) is 8.64. The van der Waals surface area contributed by atoms with Gasteiger partial charge in [-0.25, -0.2) is 0 Å². The Bertz CT molecular complexity index is 1300. The van der Waals surface area contributed by atoms with Gasteiger partial charge in [0.05, 0.1) is 18.7 Å². The third-order valence-corrected chi connectivity index (χ3v) is 6.31. The average Bonchev–Trinajstić information content (AvgIpc) is 3.35. The number of aliphatic hydroxyl groups is 1. The van der Waals surface area contributed by atoms with Crippen LogP contribution in [0.1, 0.15) is 35.2 Å². The zero-order valence-electron chi connectivity index (χ0n) is 19.0. The van der Waals surface area contributed by atoms with E-state index in [2.05, 4.69) is 0 Å². The number of benzene rings is 3. The lowest BCUT2D eigenvalue weighted by atomic mass is 9.94. The number of amides is 1. The van der Waals surface area contributed by atoms with E-state index < -0.39 is 17.7 Å². The molecule has 0 aliphatic carbocycles. The van der Waals surface area contributed by atoms with Gasteiger partial charge in [-0.2, -0.15) is 0 Å². The molecule has 2 aliphatic rings. The van der Waals surface area contributed by atoms with Gasteiger partial charge in [-0.15, -0.1) is 0 Å². The topological polar surface area (TPSA) is 76.1 Å². The Labute approximate surface area is 198 Å². The molecule has 0 bridgehead atoms. The highest BCUT2D eigenvalue weighted by molar-refractivity contribution is 6.46. The quantitative estimate of drug-likeness (QED) is 0.345. The molecule has 5 rings (SSSR count). The van der Waals surface area contributed by atoms with E-state index in [9.17, 15) is 14.7 Å². The zero-order valence-corrected chi connectivity index (χ0v) is 19.0. The number of hydrogen-bond acceptors (Lipinski definition) is 5. The van der Waals surface area contributed by atoms with Gasteiger partial charge in [0.1, 0.15) is 23.4 Å². The van der Waals surface area contributed by atoms with Crippen LogP contribution in [-0.2, 0) is 22.6 Å².